The summed E-state index contributed by atoms with van der Waals surface area (Å²) in [5.41, 5.74) is 2.14. The lowest BCUT2D eigenvalue weighted by Gasteiger charge is -2.02. The molecule has 3 nitrogen and oxygen atoms in total. The first-order valence-corrected chi connectivity index (χ1v) is 6.78. The van der Waals surface area contributed by atoms with E-state index >= 15 is 0 Å². The number of benzene rings is 2. The molecule has 0 aliphatic heterocycles. The van der Waals surface area contributed by atoms with E-state index in [0.29, 0.717) is 16.3 Å². The summed E-state index contributed by atoms with van der Waals surface area (Å²) in [6.45, 7) is 1.44. The van der Waals surface area contributed by atoms with Gasteiger partial charge in [-0.2, -0.15) is 0 Å². The lowest BCUT2D eigenvalue weighted by atomic mass is 10.1. The number of hydrogen-bond acceptors (Lipinski definition) is 2. The molecule has 0 heterocycles. The summed E-state index contributed by atoms with van der Waals surface area (Å²) >= 11 is 5.80. The Morgan fingerprint density at radius 3 is 2.19 bits per heavy atom. The van der Waals surface area contributed by atoms with Gasteiger partial charge in [0.05, 0.1) is 0 Å². The Kier molecular flexibility index (Phi) is 4.90. The van der Waals surface area contributed by atoms with E-state index in [1.807, 2.05) is 12.1 Å². The van der Waals surface area contributed by atoms with Crippen molar-refractivity contribution in [3.05, 3.63) is 70.8 Å². The van der Waals surface area contributed by atoms with E-state index < -0.39 is 0 Å². The van der Waals surface area contributed by atoms with Crippen molar-refractivity contribution in [2.24, 2.45) is 0 Å². The largest absolute Gasteiger partial charge is 0.326 e. The molecular weight excluding hydrogens is 286 g/mol. The molecule has 2 aromatic carbocycles. The summed E-state index contributed by atoms with van der Waals surface area (Å²) in [7, 11) is 0. The SMILES string of the molecule is CC(=O)Nc1ccc(C(=O)C=Cc2ccc(Cl)cc2)cc1. The van der Waals surface area contributed by atoms with Crippen molar-refractivity contribution in [1.82, 2.24) is 0 Å². The van der Waals surface area contributed by atoms with Gasteiger partial charge in [0.1, 0.15) is 0 Å². The number of rotatable bonds is 4. The van der Waals surface area contributed by atoms with Crippen LogP contribution in [0.1, 0.15) is 22.8 Å². The second-order valence-corrected chi connectivity index (χ2v) is 4.94. The average Bonchev–Trinajstić information content (AvgIpc) is 2.46. The van der Waals surface area contributed by atoms with Crippen LogP contribution in [0.3, 0.4) is 0 Å². The van der Waals surface area contributed by atoms with Crippen molar-refractivity contribution in [2.75, 3.05) is 5.32 Å². The molecule has 106 valence electrons. The van der Waals surface area contributed by atoms with Crippen LogP contribution in [-0.2, 0) is 4.79 Å². The number of allylic oxidation sites excluding steroid dienone is 1. The fraction of sp³-hybridized carbons (Fsp3) is 0.0588. The molecule has 4 heteroatoms. The molecule has 0 aliphatic carbocycles. The Hall–Kier alpha value is -2.39. The minimum Gasteiger partial charge on any atom is -0.326 e. The van der Waals surface area contributed by atoms with Crippen LogP contribution in [0.4, 0.5) is 5.69 Å². The van der Waals surface area contributed by atoms with Gasteiger partial charge in [-0.15, -0.1) is 0 Å². The van der Waals surface area contributed by atoms with Gasteiger partial charge in [0.2, 0.25) is 5.91 Å². The number of amides is 1. The number of carbonyl (C=O) groups excluding carboxylic acids is 2. The Bertz CT molecular complexity index is 673. The van der Waals surface area contributed by atoms with Crippen LogP contribution >= 0.6 is 11.6 Å². The molecule has 1 N–H and O–H groups in total. The molecule has 0 unspecified atom stereocenters. The van der Waals surface area contributed by atoms with Crippen molar-refractivity contribution >= 4 is 35.1 Å². The van der Waals surface area contributed by atoms with Crippen LogP contribution in [0.25, 0.3) is 6.08 Å². The highest BCUT2D eigenvalue weighted by Crippen LogP contribution is 2.13. The molecule has 0 fully saturated rings. The molecule has 0 aromatic heterocycles. The third kappa shape index (κ3) is 4.58. The summed E-state index contributed by atoms with van der Waals surface area (Å²) in [5.74, 6) is -0.240. The third-order valence-corrected chi connectivity index (χ3v) is 3.04. The lowest BCUT2D eigenvalue weighted by Crippen LogP contribution is -2.05. The second kappa shape index (κ2) is 6.86. The number of halogens is 1. The van der Waals surface area contributed by atoms with E-state index in [9.17, 15) is 9.59 Å². The highest BCUT2D eigenvalue weighted by molar-refractivity contribution is 6.30. The number of anilines is 1. The molecule has 2 aromatic rings. The number of ketones is 1. The molecular formula is C17H14ClNO2. The predicted molar refractivity (Wildman–Crippen MR) is 85.6 cm³/mol. The van der Waals surface area contributed by atoms with E-state index in [1.54, 1.807) is 42.5 Å². The number of hydrogen-bond donors (Lipinski definition) is 1. The van der Waals surface area contributed by atoms with Crippen molar-refractivity contribution < 1.29 is 9.59 Å². The molecule has 21 heavy (non-hydrogen) atoms. The smallest absolute Gasteiger partial charge is 0.221 e. The topological polar surface area (TPSA) is 46.2 Å². The Balaban J connectivity index is 2.06. The van der Waals surface area contributed by atoms with Gasteiger partial charge in [-0.05, 0) is 48.0 Å². The highest BCUT2D eigenvalue weighted by Gasteiger charge is 2.02. The van der Waals surface area contributed by atoms with Crippen LogP contribution < -0.4 is 5.32 Å². The van der Waals surface area contributed by atoms with Crippen molar-refractivity contribution in [3.8, 4) is 0 Å². The first kappa shape index (κ1) is 15.0. The van der Waals surface area contributed by atoms with Crippen LogP contribution in [0, 0.1) is 0 Å². The second-order valence-electron chi connectivity index (χ2n) is 4.51. The van der Waals surface area contributed by atoms with Gasteiger partial charge in [0.25, 0.3) is 0 Å². The molecule has 0 bridgehead atoms. The maximum atomic E-state index is 12.0. The van der Waals surface area contributed by atoms with E-state index in [2.05, 4.69) is 5.32 Å². The minimum absolute atomic E-state index is 0.0978. The zero-order valence-electron chi connectivity index (χ0n) is 11.5. The maximum absolute atomic E-state index is 12.0. The van der Waals surface area contributed by atoms with E-state index in [1.165, 1.54) is 13.0 Å². The molecule has 0 spiro atoms. The number of carbonyl (C=O) groups is 2. The predicted octanol–water partition coefficient (Wildman–Crippen LogP) is 4.19. The monoisotopic (exact) mass is 299 g/mol. The molecule has 0 saturated heterocycles. The van der Waals surface area contributed by atoms with E-state index in [4.69, 9.17) is 11.6 Å². The Labute approximate surface area is 128 Å². The highest BCUT2D eigenvalue weighted by atomic mass is 35.5. The first-order valence-electron chi connectivity index (χ1n) is 6.40. The van der Waals surface area contributed by atoms with Crippen molar-refractivity contribution in [1.29, 1.82) is 0 Å². The Morgan fingerprint density at radius 1 is 1.00 bits per heavy atom. The van der Waals surface area contributed by atoms with Crippen LogP contribution in [0.2, 0.25) is 5.02 Å². The molecule has 0 aliphatic rings. The summed E-state index contributed by atoms with van der Waals surface area (Å²) in [6, 6.07) is 14.0. The van der Waals surface area contributed by atoms with Crippen LogP contribution in [0.5, 0.6) is 0 Å². The van der Waals surface area contributed by atoms with Gasteiger partial charge in [-0.1, -0.05) is 29.8 Å². The van der Waals surface area contributed by atoms with Crippen LogP contribution in [0.15, 0.2) is 54.6 Å². The summed E-state index contributed by atoms with van der Waals surface area (Å²) in [6.07, 6.45) is 3.25. The molecule has 2 rings (SSSR count). The maximum Gasteiger partial charge on any atom is 0.221 e. The zero-order valence-corrected chi connectivity index (χ0v) is 12.2. The van der Waals surface area contributed by atoms with E-state index in [-0.39, 0.29) is 11.7 Å². The first-order chi connectivity index (χ1) is 10.0. The van der Waals surface area contributed by atoms with E-state index in [0.717, 1.165) is 5.56 Å². The number of nitrogens with one attached hydrogen (secondary N) is 1. The van der Waals surface area contributed by atoms with Crippen molar-refractivity contribution in [2.45, 2.75) is 6.92 Å². The normalized spacial score (nSPS) is 10.6. The molecule has 0 radical (unpaired) electrons. The summed E-state index contributed by atoms with van der Waals surface area (Å²) < 4.78 is 0. The average molecular weight is 300 g/mol. The summed E-state index contributed by atoms with van der Waals surface area (Å²) in [5, 5.41) is 3.31. The van der Waals surface area contributed by atoms with Gasteiger partial charge in [0, 0.05) is 23.2 Å². The standard InChI is InChI=1S/C17H14ClNO2/c1-12(20)19-16-9-5-14(6-10-16)17(21)11-4-13-2-7-15(18)8-3-13/h2-11H,1H3,(H,19,20). The quantitative estimate of drug-likeness (QED) is 0.679. The van der Waals surface area contributed by atoms with Gasteiger partial charge in [0.15, 0.2) is 5.78 Å². The van der Waals surface area contributed by atoms with Gasteiger partial charge in [-0.25, -0.2) is 0 Å². The fourth-order valence-corrected chi connectivity index (χ4v) is 1.89. The van der Waals surface area contributed by atoms with Gasteiger partial charge < -0.3 is 5.32 Å². The zero-order chi connectivity index (χ0) is 15.2. The Morgan fingerprint density at radius 2 is 1.62 bits per heavy atom. The molecule has 0 atom stereocenters. The lowest BCUT2D eigenvalue weighted by molar-refractivity contribution is -0.114. The minimum atomic E-state index is -0.142. The van der Waals surface area contributed by atoms with Crippen LogP contribution in [-0.4, -0.2) is 11.7 Å². The summed E-state index contributed by atoms with van der Waals surface area (Å²) in [4.78, 5) is 22.9. The fourth-order valence-electron chi connectivity index (χ4n) is 1.76. The van der Waals surface area contributed by atoms with Gasteiger partial charge >= 0.3 is 0 Å². The third-order valence-electron chi connectivity index (χ3n) is 2.79. The van der Waals surface area contributed by atoms with Crippen molar-refractivity contribution in [3.63, 3.8) is 0 Å². The molecule has 1 amide bonds. The van der Waals surface area contributed by atoms with Gasteiger partial charge in [-0.3, -0.25) is 9.59 Å². The molecule has 0 saturated carbocycles.